The second-order valence-corrected chi connectivity index (χ2v) is 13.3. The fraction of sp³-hybridized carbons (Fsp3) is 0.378. The number of hydrogen-bond donors (Lipinski definition) is 3. The Hall–Kier alpha value is -4.28. The monoisotopic (exact) mass is 652 g/mol. The van der Waals surface area contributed by atoms with Crippen molar-refractivity contribution in [3.05, 3.63) is 83.8 Å². The van der Waals surface area contributed by atoms with Crippen LogP contribution in [-0.2, 0) is 20.9 Å². The van der Waals surface area contributed by atoms with Crippen LogP contribution in [0.25, 0.3) is 23.1 Å². The van der Waals surface area contributed by atoms with Gasteiger partial charge in [0.05, 0.1) is 22.9 Å². The summed E-state index contributed by atoms with van der Waals surface area (Å²) >= 11 is 1.63. The Morgan fingerprint density at radius 3 is 2.70 bits per heavy atom. The summed E-state index contributed by atoms with van der Waals surface area (Å²) in [6, 6.07) is 19.2. The van der Waals surface area contributed by atoms with E-state index in [4.69, 9.17) is 0 Å². The summed E-state index contributed by atoms with van der Waals surface area (Å²) in [6.45, 7) is 2.82. The number of amides is 2. The van der Waals surface area contributed by atoms with E-state index < -0.39 is 6.04 Å². The third kappa shape index (κ3) is 9.86. The van der Waals surface area contributed by atoms with Gasteiger partial charge in [0.2, 0.25) is 11.8 Å². The Bertz CT molecular complexity index is 1690. The lowest BCUT2D eigenvalue weighted by molar-refractivity contribution is -0.132. The molecule has 2 amide bonds. The topological polar surface area (TPSA) is 120 Å². The number of pyridine rings is 1. The van der Waals surface area contributed by atoms with Gasteiger partial charge in [-0.15, -0.1) is 0 Å². The summed E-state index contributed by atoms with van der Waals surface area (Å²) in [6.07, 6.45) is 12.0. The lowest BCUT2D eigenvalue weighted by atomic mass is 10.0. The van der Waals surface area contributed by atoms with Crippen molar-refractivity contribution in [3.8, 4) is 0 Å². The van der Waals surface area contributed by atoms with Gasteiger partial charge in [-0.05, 0) is 100 Å². The average molecular weight is 653 g/mol. The minimum atomic E-state index is -0.626. The van der Waals surface area contributed by atoms with Crippen molar-refractivity contribution < 1.29 is 14.4 Å². The zero-order valence-corrected chi connectivity index (χ0v) is 28.0. The third-order valence-corrected chi connectivity index (χ3v) is 9.65. The molecule has 2 aromatic heterocycles. The van der Waals surface area contributed by atoms with E-state index in [1.165, 1.54) is 0 Å². The Labute approximate surface area is 281 Å². The number of H-pyrrole nitrogens is 1. The second kappa shape index (κ2) is 17.0. The van der Waals surface area contributed by atoms with Gasteiger partial charge < -0.3 is 15.4 Å². The first kappa shape index (κ1) is 34.1. The molecule has 1 saturated heterocycles. The van der Waals surface area contributed by atoms with Crippen molar-refractivity contribution in [2.45, 2.75) is 86.7 Å². The second-order valence-electron chi connectivity index (χ2n) is 12.2. The number of nitrogens with zero attached hydrogens (tertiary/aromatic N) is 3. The summed E-state index contributed by atoms with van der Waals surface area (Å²) in [7, 11) is 1.97. The van der Waals surface area contributed by atoms with Crippen molar-refractivity contribution in [1.29, 1.82) is 0 Å². The molecule has 1 unspecified atom stereocenters. The van der Waals surface area contributed by atoms with Crippen LogP contribution in [0.3, 0.4) is 0 Å². The number of rotatable bonds is 15. The van der Waals surface area contributed by atoms with Crippen LogP contribution in [0.1, 0.15) is 75.2 Å². The Morgan fingerprint density at radius 2 is 1.89 bits per heavy atom. The summed E-state index contributed by atoms with van der Waals surface area (Å²) < 4.78 is 0. The first-order valence-electron chi connectivity index (χ1n) is 16.5. The molecule has 5 rings (SSSR count). The normalized spacial score (nSPS) is 15.9. The largest absolute Gasteiger partial charge is 0.350 e. The highest BCUT2D eigenvalue weighted by molar-refractivity contribution is 7.99. The van der Waals surface area contributed by atoms with Crippen LogP contribution in [0.15, 0.2) is 76.7 Å². The van der Waals surface area contributed by atoms with Crippen LogP contribution >= 0.6 is 11.8 Å². The van der Waals surface area contributed by atoms with Crippen molar-refractivity contribution >= 4 is 52.4 Å². The summed E-state index contributed by atoms with van der Waals surface area (Å²) in [4.78, 5) is 46.6. The summed E-state index contributed by atoms with van der Waals surface area (Å²) in [5.41, 5.74) is 3.65. The highest BCUT2D eigenvalue weighted by Crippen LogP contribution is 2.33. The minimum absolute atomic E-state index is 0.0865. The van der Waals surface area contributed by atoms with Gasteiger partial charge >= 0.3 is 0 Å². The standard InChI is InChI=1S/C37H44N6O3S/c1-26(44)12-4-3-5-15-32(40-37(46)34-16-9-11-23-43(34)2)36(45)39-25-27-13-6-7-17-35(27)47-29-19-20-30-31(41-42-33(30)24-29)21-18-28-14-8-10-22-38-28/h6-8,10,13-14,17-22,24,32,34H,3-5,9,11-12,15-16,23,25H2,1-2H3,(H,39,45)(H,40,46)(H,41,42)/b21-18+/t32-,34?/m0/s1. The summed E-state index contributed by atoms with van der Waals surface area (Å²) in [5.74, 6) is -0.0996. The molecule has 9 nitrogen and oxygen atoms in total. The van der Waals surface area contributed by atoms with Crippen LogP contribution < -0.4 is 10.6 Å². The lowest BCUT2D eigenvalue weighted by Crippen LogP contribution is -2.54. The molecule has 2 atom stereocenters. The van der Waals surface area contributed by atoms with Crippen LogP contribution in [0.2, 0.25) is 0 Å². The number of likely N-dealkylation sites (tertiary alicyclic amines) is 1. The number of carbonyl (C=O) groups is 3. The minimum Gasteiger partial charge on any atom is -0.350 e. The molecule has 1 aliphatic rings. The van der Waals surface area contributed by atoms with E-state index >= 15 is 0 Å². The molecule has 47 heavy (non-hydrogen) atoms. The Kier molecular flexibility index (Phi) is 12.3. The van der Waals surface area contributed by atoms with Gasteiger partial charge in [0.1, 0.15) is 11.8 Å². The Balaban J connectivity index is 1.22. The van der Waals surface area contributed by atoms with E-state index in [1.54, 1.807) is 24.9 Å². The molecule has 0 aliphatic carbocycles. The number of benzene rings is 2. The van der Waals surface area contributed by atoms with E-state index in [9.17, 15) is 14.4 Å². The predicted molar refractivity (Wildman–Crippen MR) is 188 cm³/mol. The van der Waals surface area contributed by atoms with Crippen molar-refractivity contribution in [3.63, 3.8) is 0 Å². The number of aromatic amines is 1. The Morgan fingerprint density at radius 1 is 1.04 bits per heavy atom. The van der Waals surface area contributed by atoms with Gasteiger partial charge in [-0.25, -0.2) is 0 Å². The van der Waals surface area contributed by atoms with Crippen LogP contribution in [0, 0.1) is 0 Å². The molecule has 1 aliphatic heterocycles. The molecule has 0 spiro atoms. The van der Waals surface area contributed by atoms with E-state index in [0.29, 0.717) is 19.4 Å². The van der Waals surface area contributed by atoms with Gasteiger partial charge in [0, 0.05) is 34.3 Å². The molecule has 3 heterocycles. The number of unbranched alkanes of at least 4 members (excludes halogenated alkanes) is 2. The van der Waals surface area contributed by atoms with E-state index in [2.05, 4.69) is 55.0 Å². The quantitative estimate of drug-likeness (QED) is 0.127. The molecule has 0 saturated carbocycles. The van der Waals surface area contributed by atoms with Crippen molar-refractivity contribution in [2.75, 3.05) is 13.6 Å². The van der Waals surface area contributed by atoms with Gasteiger partial charge in [-0.1, -0.05) is 55.3 Å². The maximum absolute atomic E-state index is 13.5. The number of carbonyl (C=O) groups excluding carboxylic acids is 3. The number of aromatic nitrogens is 3. The zero-order valence-electron chi connectivity index (χ0n) is 27.2. The third-order valence-electron chi connectivity index (χ3n) is 8.54. The first-order valence-corrected chi connectivity index (χ1v) is 17.3. The van der Waals surface area contributed by atoms with E-state index in [0.717, 1.165) is 82.7 Å². The number of Topliss-reactive ketones (excluding diaryl/α,β-unsaturated/α-hetero) is 1. The molecule has 246 valence electrons. The van der Waals surface area contributed by atoms with Crippen LogP contribution in [-0.4, -0.2) is 63.4 Å². The molecular weight excluding hydrogens is 609 g/mol. The highest BCUT2D eigenvalue weighted by atomic mass is 32.2. The fourth-order valence-corrected chi connectivity index (χ4v) is 6.86. The lowest BCUT2D eigenvalue weighted by Gasteiger charge is -2.32. The average Bonchev–Trinajstić information content (AvgIpc) is 3.48. The molecular formula is C37H44N6O3S. The number of hydrogen-bond acceptors (Lipinski definition) is 7. The maximum atomic E-state index is 13.5. The molecule has 2 aromatic carbocycles. The van der Waals surface area contributed by atoms with Gasteiger partial charge in [-0.2, -0.15) is 5.10 Å². The SMILES string of the molecule is CC(=O)CCCCC[C@H](NC(=O)C1CCCCN1C)C(=O)NCc1ccccc1Sc1ccc2c(/C=C/c3ccccn3)n[nH]c2c1. The summed E-state index contributed by atoms with van der Waals surface area (Å²) in [5, 5.41) is 14.8. The van der Waals surface area contributed by atoms with E-state index in [1.807, 2.05) is 55.6 Å². The number of ketones is 1. The number of likely N-dealkylation sites (N-methyl/N-ethyl adjacent to an activating group) is 1. The molecule has 10 heteroatoms. The van der Waals surface area contributed by atoms with E-state index in [-0.39, 0.29) is 23.6 Å². The van der Waals surface area contributed by atoms with Gasteiger partial charge in [0.25, 0.3) is 0 Å². The molecule has 4 aromatic rings. The predicted octanol–water partition coefficient (Wildman–Crippen LogP) is 6.40. The molecule has 0 bridgehead atoms. The maximum Gasteiger partial charge on any atom is 0.242 e. The first-order chi connectivity index (χ1) is 22.9. The highest BCUT2D eigenvalue weighted by Gasteiger charge is 2.29. The number of nitrogens with one attached hydrogen (secondary N) is 3. The molecule has 1 fully saturated rings. The van der Waals surface area contributed by atoms with Crippen LogP contribution in [0.4, 0.5) is 0 Å². The van der Waals surface area contributed by atoms with Crippen LogP contribution in [0.5, 0.6) is 0 Å². The zero-order chi connectivity index (χ0) is 33.0. The smallest absolute Gasteiger partial charge is 0.242 e. The van der Waals surface area contributed by atoms with Crippen molar-refractivity contribution in [1.82, 2.24) is 30.7 Å². The van der Waals surface area contributed by atoms with Crippen molar-refractivity contribution in [2.24, 2.45) is 0 Å². The fourth-order valence-electron chi connectivity index (χ4n) is 5.87. The van der Waals surface area contributed by atoms with Gasteiger partial charge in [0.15, 0.2) is 0 Å². The number of piperidine rings is 1. The molecule has 3 N–H and O–H groups in total. The molecule has 0 radical (unpaired) electrons. The van der Waals surface area contributed by atoms with Gasteiger partial charge in [-0.3, -0.25) is 24.6 Å². The number of fused-ring (bicyclic) bond motifs is 1.